The van der Waals surface area contributed by atoms with E-state index >= 15 is 0 Å². The zero-order valence-corrected chi connectivity index (χ0v) is 11.2. The maximum absolute atomic E-state index is 10.0. The fourth-order valence-corrected chi connectivity index (χ4v) is 1.92. The van der Waals surface area contributed by atoms with Crippen LogP contribution in [0.25, 0.3) is 11.1 Å². The van der Waals surface area contributed by atoms with E-state index in [9.17, 15) is 5.11 Å². The SMILES string of the molecule is COCCOc1ccccc1-c1cc(C)ccc1O. The summed E-state index contributed by atoms with van der Waals surface area (Å²) in [6.45, 7) is 3.02. The summed E-state index contributed by atoms with van der Waals surface area (Å²) in [4.78, 5) is 0. The largest absolute Gasteiger partial charge is 0.507 e. The second-order valence-electron chi connectivity index (χ2n) is 4.36. The molecule has 0 spiro atoms. The van der Waals surface area contributed by atoms with Gasteiger partial charge >= 0.3 is 0 Å². The first-order valence-electron chi connectivity index (χ1n) is 6.23. The van der Waals surface area contributed by atoms with Crippen LogP contribution in [0.2, 0.25) is 0 Å². The molecule has 0 amide bonds. The minimum absolute atomic E-state index is 0.258. The lowest BCUT2D eigenvalue weighted by atomic mass is 10.0. The minimum Gasteiger partial charge on any atom is -0.507 e. The van der Waals surface area contributed by atoms with Crippen LogP contribution in [0.5, 0.6) is 11.5 Å². The number of para-hydroxylation sites is 1. The quantitative estimate of drug-likeness (QED) is 0.835. The van der Waals surface area contributed by atoms with Crippen LogP contribution in [0.15, 0.2) is 42.5 Å². The van der Waals surface area contributed by atoms with E-state index in [0.717, 1.165) is 22.4 Å². The molecule has 0 radical (unpaired) electrons. The summed E-state index contributed by atoms with van der Waals surface area (Å²) in [6, 6.07) is 13.2. The highest BCUT2D eigenvalue weighted by Gasteiger charge is 2.10. The van der Waals surface area contributed by atoms with Crippen molar-refractivity contribution >= 4 is 0 Å². The molecule has 0 bridgehead atoms. The van der Waals surface area contributed by atoms with E-state index in [4.69, 9.17) is 9.47 Å². The second kappa shape index (κ2) is 6.25. The summed E-state index contributed by atoms with van der Waals surface area (Å²) in [5.41, 5.74) is 2.77. The van der Waals surface area contributed by atoms with Gasteiger partial charge in [-0.15, -0.1) is 0 Å². The van der Waals surface area contributed by atoms with Crippen LogP contribution in [-0.4, -0.2) is 25.4 Å². The van der Waals surface area contributed by atoms with Crippen molar-refractivity contribution in [2.75, 3.05) is 20.3 Å². The van der Waals surface area contributed by atoms with Crippen LogP contribution in [0.4, 0.5) is 0 Å². The van der Waals surface area contributed by atoms with Crippen molar-refractivity contribution in [1.29, 1.82) is 0 Å². The second-order valence-corrected chi connectivity index (χ2v) is 4.36. The van der Waals surface area contributed by atoms with E-state index in [-0.39, 0.29) is 5.75 Å². The van der Waals surface area contributed by atoms with Crippen LogP contribution in [-0.2, 0) is 4.74 Å². The molecule has 1 N–H and O–H groups in total. The fourth-order valence-electron chi connectivity index (χ4n) is 1.92. The predicted molar refractivity (Wildman–Crippen MR) is 75.7 cm³/mol. The topological polar surface area (TPSA) is 38.7 Å². The van der Waals surface area contributed by atoms with Gasteiger partial charge in [0.1, 0.15) is 18.1 Å². The van der Waals surface area contributed by atoms with Crippen molar-refractivity contribution in [3.63, 3.8) is 0 Å². The maximum Gasteiger partial charge on any atom is 0.127 e. The number of phenolic OH excluding ortho intramolecular Hbond substituents is 1. The molecule has 0 heterocycles. The number of hydrogen-bond acceptors (Lipinski definition) is 3. The van der Waals surface area contributed by atoms with Crippen molar-refractivity contribution in [3.05, 3.63) is 48.0 Å². The van der Waals surface area contributed by atoms with Crippen molar-refractivity contribution in [1.82, 2.24) is 0 Å². The third-order valence-corrected chi connectivity index (χ3v) is 2.87. The predicted octanol–water partition coefficient (Wildman–Crippen LogP) is 3.39. The van der Waals surface area contributed by atoms with Gasteiger partial charge in [0.15, 0.2) is 0 Å². The standard InChI is InChI=1S/C16H18O3/c1-12-7-8-15(17)14(11-12)13-5-3-4-6-16(13)19-10-9-18-2/h3-8,11,17H,9-10H2,1-2H3. The van der Waals surface area contributed by atoms with Gasteiger partial charge in [0.25, 0.3) is 0 Å². The lowest BCUT2D eigenvalue weighted by Gasteiger charge is -2.13. The number of aromatic hydroxyl groups is 1. The van der Waals surface area contributed by atoms with Crippen molar-refractivity contribution in [2.24, 2.45) is 0 Å². The van der Waals surface area contributed by atoms with Crippen LogP contribution >= 0.6 is 0 Å². The van der Waals surface area contributed by atoms with Crippen LogP contribution in [0, 0.1) is 6.92 Å². The van der Waals surface area contributed by atoms with Crippen molar-refractivity contribution < 1.29 is 14.6 Å². The number of ether oxygens (including phenoxy) is 2. The summed E-state index contributed by atoms with van der Waals surface area (Å²) >= 11 is 0. The number of phenols is 1. The van der Waals surface area contributed by atoms with E-state index in [0.29, 0.717) is 13.2 Å². The van der Waals surface area contributed by atoms with Crippen LogP contribution in [0.1, 0.15) is 5.56 Å². The molecular weight excluding hydrogens is 240 g/mol. The average Bonchev–Trinajstić information content (AvgIpc) is 2.42. The third kappa shape index (κ3) is 3.26. The summed E-state index contributed by atoms with van der Waals surface area (Å²) in [6.07, 6.45) is 0. The van der Waals surface area contributed by atoms with Gasteiger partial charge in [-0.05, 0) is 25.1 Å². The van der Waals surface area contributed by atoms with Crippen molar-refractivity contribution in [3.8, 4) is 22.6 Å². The summed E-state index contributed by atoms with van der Waals surface area (Å²) in [5, 5.41) is 10.0. The Balaban J connectivity index is 2.35. The maximum atomic E-state index is 10.0. The van der Waals surface area contributed by atoms with Gasteiger partial charge in [-0.3, -0.25) is 0 Å². The molecule has 0 saturated heterocycles. The Morgan fingerprint density at radius 1 is 1.00 bits per heavy atom. The molecule has 3 nitrogen and oxygen atoms in total. The number of aryl methyl sites for hydroxylation is 1. The van der Waals surface area contributed by atoms with Gasteiger partial charge < -0.3 is 14.6 Å². The Hall–Kier alpha value is -2.00. The molecule has 2 aromatic carbocycles. The molecule has 0 unspecified atom stereocenters. The Kier molecular flexibility index (Phi) is 4.42. The molecule has 0 saturated carbocycles. The molecule has 3 heteroatoms. The molecule has 0 fully saturated rings. The van der Waals surface area contributed by atoms with Crippen LogP contribution < -0.4 is 4.74 Å². The van der Waals surface area contributed by atoms with Crippen LogP contribution in [0.3, 0.4) is 0 Å². The molecule has 100 valence electrons. The molecule has 0 aliphatic heterocycles. The number of rotatable bonds is 5. The summed E-state index contributed by atoms with van der Waals surface area (Å²) in [5.74, 6) is 1.01. The van der Waals surface area contributed by atoms with E-state index in [2.05, 4.69) is 0 Å². The Morgan fingerprint density at radius 3 is 2.58 bits per heavy atom. The highest BCUT2D eigenvalue weighted by molar-refractivity contribution is 5.76. The molecule has 19 heavy (non-hydrogen) atoms. The first-order valence-corrected chi connectivity index (χ1v) is 6.23. The monoisotopic (exact) mass is 258 g/mol. The highest BCUT2D eigenvalue weighted by Crippen LogP contribution is 2.36. The normalized spacial score (nSPS) is 10.4. The molecule has 0 atom stereocenters. The Morgan fingerprint density at radius 2 is 1.79 bits per heavy atom. The highest BCUT2D eigenvalue weighted by atomic mass is 16.5. The van der Waals surface area contributed by atoms with Gasteiger partial charge in [0.2, 0.25) is 0 Å². The lowest BCUT2D eigenvalue weighted by Crippen LogP contribution is -2.05. The number of hydrogen-bond donors (Lipinski definition) is 1. The molecular formula is C16H18O3. The van der Waals surface area contributed by atoms with Gasteiger partial charge in [-0.1, -0.05) is 29.8 Å². The molecule has 2 rings (SSSR count). The Bertz CT molecular complexity index is 549. The average molecular weight is 258 g/mol. The smallest absolute Gasteiger partial charge is 0.127 e. The molecule has 0 aliphatic carbocycles. The number of methoxy groups -OCH3 is 1. The number of benzene rings is 2. The molecule has 2 aromatic rings. The van der Waals surface area contributed by atoms with Gasteiger partial charge in [-0.25, -0.2) is 0 Å². The fraction of sp³-hybridized carbons (Fsp3) is 0.250. The third-order valence-electron chi connectivity index (χ3n) is 2.87. The zero-order valence-electron chi connectivity index (χ0n) is 11.2. The first-order chi connectivity index (χ1) is 9.22. The summed E-state index contributed by atoms with van der Waals surface area (Å²) < 4.78 is 10.7. The van der Waals surface area contributed by atoms with E-state index in [1.54, 1.807) is 13.2 Å². The first kappa shape index (κ1) is 13.4. The van der Waals surface area contributed by atoms with E-state index in [1.165, 1.54) is 0 Å². The van der Waals surface area contributed by atoms with E-state index in [1.807, 2.05) is 43.3 Å². The Labute approximate surface area is 113 Å². The minimum atomic E-state index is 0.258. The molecule has 0 aromatic heterocycles. The summed E-state index contributed by atoms with van der Waals surface area (Å²) in [7, 11) is 1.64. The van der Waals surface area contributed by atoms with Gasteiger partial charge in [0.05, 0.1) is 6.61 Å². The van der Waals surface area contributed by atoms with Gasteiger partial charge in [-0.2, -0.15) is 0 Å². The zero-order chi connectivity index (χ0) is 13.7. The van der Waals surface area contributed by atoms with E-state index < -0.39 is 0 Å². The van der Waals surface area contributed by atoms with Crippen molar-refractivity contribution in [2.45, 2.75) is 6.92 Å². The molecule has 0 aliphatic rings. The lowest BCUT2D eigenvalue weighted by molar-refractivity contribution is 0.146. The van der Waals surface area contributed by atoms with Gasteiger partial charge in [0, 0.05) is 18.2 Å².